The van der Waals surface area contributed by atoms with Gasteiger partial charge in [-0.15, -0.1) is 0 Å². The smallest absolute Gasteiger partial charge is 0.326 e. The summed E-state index contributed by atoms with van der Waals surface area (Å²) in [7, 11) is 0. The molecule has 5 nitrogen and oxygen atoms in total. The van der Waals surface area contributed by atoms with Crippen LogP contribution in [0, 0.1) is 11.8 Å². The Kier molecular flexibility index (Phi) is 2.97. The molecule has 1 amide bonds. The lowest BCUT2D eigenvalue weighted by Gasteiger charge is -2.23. The van der Waals surface area contributed by atoms with Gasteiger partial charge in [0.2, 0.25) is 0 Å². The number of carboxylic acid groups (broad SMARTS) is 1. The molecule has 2 heterocycles. The number of rotatable bonds is 2. The summed E-state index contributed by atoms with van der Waals surface area (Å²) in [6, 6.07) is 4.44. The van der Waals surface area contributed by atoms with Gasteiger partial charge in [-0.2, -0.15) is 0 Å². The summed E-state index contributed by atoms with van der Waals surface area (Å²) in [4.78, 5) is 29.4. The van der Waals surface area contributed by atoms with Crippen molar-refractivity contribution in [2.75, 3.05) is 6.54 Å². The molecule has 3 atom stereocenters. The number of pyridine rings is 1. The molecular formula is C14H16N2O3. The number of amides is 1. The maximum absolute atomic E-state index is 12.4. The first-order chi connectivity index (χ1) is 9.18. The van der Waals surface area contributed by atoms with Crippen LogP contribution in [0.25, 0.3) is 0 Å². The van der Waals surface area contributed by atoms with E-state index in [2.05, 4.69) is 4.98 Å². The number of hydrogen-bond acceptors (Lipinski definition) is 3. The standard InChI is InChI=1S/C14H16N2O3/c17-13(11-6-1-2-7-15-11)16-8-9-4-3-5-10(9)12(16)14(18)19/h1-2,6-7,9-10,12H,3-5,8H2,(H,18,19). The predicted octanol–water partition coefficient (Wildman–Crippen LogP) is 1.41. The minimum Gasteiger partial charge on any atom is -0.480 e. The second kappa shape index (κ2) is 4.64. The van der Waals surface area contributed by atoms with E-state index in [0.29, 0.717) is 18.2 Å². The molecule has 19 heavy (non-hydrogen) atoms. The van der Waals surface area contributed by atoms with Gasteiger partial charge in [0.1, 0.15) is 11.7 Å². The van der Waals surface area contributed by atoms with Crippen LogP contribution >= 0.6 is 0 Å². The van der Waals surface area contributed by atoms with Crippen LogP contribution in [0.2, 0.25) is 0 Å². The second-order valence-corrected chi connectivity index (χ2v) is 5.31. The summed E-state index contributed by atoms with van der Waals surface area (Å²) < 4.78 is 0. The molecule has 0 spiro atoms. The van der Waals surface area contributed by atoms with E-state index in [0.717, 1.165) is 19.3 Å². The largest absolute Gasteiger partial charge is 0.480 e. The van der Waals surface area contributed by atoms with Gasteiger partial charge < -0.3 is 10.0 Å². The molecule has 0 bridgehead atoms. The molecule has 3 unspecified atom stereocenters. The van der Waals surface area contributed by atoms with Crippen molar-refractivity contribution in [2.45, 2.75) is 25.3 Å². The number of aromatic nitrogens is 1. The number of fused-ring (bicyclic) bond motifs is 1. The molecule has 1 aromatic rings. The van der Waals surface area contributed by atoms with Crippen molar-refractivity contribution >= 4 is 11.9 Å². The predicted molar refractivity (Wildman–Crippen MR) is 67.5 cm³/mol. The van der Waals surface area contributed by atoms with Crippen LogP contribution in [-0.2, 0) is 4.79 Å². The van der Waals surface area contributed by atoms with Gasteiger partial charge in [0, 0.05) is 12.7 Å². The fourth-order valence-corrected chi connectivity index (χ4v) is 3.47. The zero-order valence-electron chi connectivity index (χ0n) is 10.5. The van der Waals surface area contributed by atoms with Crippen LogP contribution < -0.4 is 0 Å². The highest BCUT2D eigenvalue weighted by Crippen LogP contribution is 2.42. The first-order valence-electron chi connectivity index (χ1n) is 6.63. The van der Waals surface area contributed by atoms with E-state index < -0.39 is 12.0 Å². The van der Waals surface area contributed by atoms with E-state index in [-0.39, 0.29) is 11.8 Å². The second-order valence-electron chi connectivity index (χ2n) is 5.31. The van der Waals surface area contributed by atoms with Crippen molar-refractivity contribution in [3.05, 3.63) is 30.1 Å². The zero-order chi connectivity index (χ0) is 13.4. The van der Waals surface area contributed by atoms with Crippen molar-refractivity contribution in [2.24, 2.45) is 11.8 Å². The minimum atomic E-state index is -0.890. The van der Waals surface area contributed by atoms with Crippen molar-refractivity contribution in [1.29, 1.82) is 0 Å². The Morgan fingerprint density at radius 3 is 2.84 bits per heavy atom. The van der Waals surface area contributed by atoms with Crippen LogP contribution in [-0.4, -0.2) is 39.5 Å². The number of carbonyl (C=O) groups excluding carboxylic acids is 1. The van der Waals surface area contributed by atoms with Gasteiger partial charge in [-0.25, -0.2) is 4.79 Å². The van der Waals surface area contributed by atoms with Crippen LogP contribution in [0.5, 0.6) is 0 Å². The Hall–Kier alpha value is -1.91. The topological polar surface area (TPSA) is 70.5 Å². The molecule has 1 saturated heterocycles. The summed E-state index contributed by atoms with van der Waals surface area (Å²) in [6.45, 7) is 0.553. The number of nitrogens with zero attached hydrogens (tertiary/aromatic N) is 2. The quantitative estimate of drug-likeness (QED) is 0.872. The third-order valence-corrected chi connectivity index (χ3v) is 4.29. The zero-order valence-corrected chi connectivity index (χ0v) is 10.5. The first-order valence-corrected chi connectivity index (χ1v) is 6.63. The van der Waals surface area contributed by atoms with Gasteiger partial charge >= 0.3 is 5.97 Å². The van der Waals surface area contributed by atoms with E-state index >= 15 is 0 Å². The number of aliphatic carboxylic acids is 1. The molecule has 0 radical (unpaired) electrons. The Morgan fingerprint density at radius 2 is 2.16 bits per heavy atom. The molecule has 1 saturated carbocycles. The molecule has 1 aliphatic carbocycles. The van der Waals surface area contributed by atoms with Crippen LogP contribution in [0.1, 0.15) is 29.8 Å². The van der Waals surface area contributed by atoms with E-state index in [4.69, 9.17) is 0 Å². The van der Waals surface area contributed by atoms with Crippen LogP contribution in [0.3, 0.4) is 0 Å². The first kappa shape index (κ1) is 12.1. The van der Waals surface area contributed by atoms with E-state index in [1.165, 1.54) is 4.90 Å². The van der Waals surface area contributed by atoms with Crippen molar-refractivity contribution in [3.8, 4) is 0 Å². The molecule has 2 aliphatic rings. The number of carboxylic acids is 1. The van der Waals surface area contributed by atoms with Gasteiger partial charge in [-0.05, 0) is 36.8 Å². The average molecular weight is 260 g/mol. The summed E-state index contributed by atoms with van der Waals surface area (Å²) in [5, 5.41) is 9.41. The summed E-state index contributed by atoms with van der Waals surface area (Å²) in [6.07, 6.45) is 4.57. The fourth-order valence-electron chi connectivity index (χ4n) is 3.47. The van der Waals surface area contributed by atoms with E-state index in [1.807, 2.05) is 0 Å². The number of likely N-dealkylation sites (tertiary alicyclic amines) is 1. The highest BCUT2D eigenvalue weighted by Gasteiger charge is 2.49. The Labute approximate surface area is 111 Å². The molecule has 100 valence electrons. The summed E-state index contributed by atoms with van der Waals surface area (Å²) >= 11 is 0. The summed E-state index contributed by atoms with van der Waals surface area (Å²) in [5.41, 5.74) is 0.328. The molecule has 1 N–H and O–H groups in total. The van der Waals surface area contributed by atoms with Crippen molar-refractivity contribution in [3.63, 3.8) is 0 Å². The molecule has 3 rings (SSSR count). The highest BCUT2D eigenvalue weighted by atomic mass is 16.4. The average Bonchev–Trinajstić information content (AvgIpc) is 2.98. The van der Waals surface area contributed by atoms with Gasteiger partial charge in [0.05, 0.1) is 0 Å². The third kappa shape index (κ3) is 1.99. The lowest BCUT2D eigenvalue weighted by Crippen LogP contribution is -2.43. The maximum atomic E-state index is 12.4. The van der Waals surface area contributed by atoms with Gasteiger partial charge in [0.25, 0.3) is 5.91 Å². The van der Waals surface area contributed by atoms with Gasteiger partial charge in [0.15, 0.2) is 0 Å². The Bertz CT molecular complexity index is 503. The van der Waals surface area contributed by atoms with E-state index in [1.54, 1.807) is 24.4 Å². The number of hydrogen-bond donors (Lipinski definition) is 1. The van der Waals surface area contributed by atoms with Gasteiger partial charge in [-0.1, -0.05) is 12.5 Å². The van der Waals surface area contributed by atoms with Crippen molar-refractivity contribution in [1.82, 2.24) is 9.88 Å². The van der Waals surface area contributed by atoms with Crippen molar-refractivity contribution < 1.29 is 14.7 Å². The SMILES string of the molecule is O=C(O)C1C2CCCC2CN1C(=O)c1ccccn1. The normalized spacial score (nSPS) is 29.3. The third-order valence-electron chi connectivity index (χ3n) is 4.29. The molecule has 0 aromatic carbocycles. The van der Waals surface area contributed by atoms with E-state index in [9.17, 15) is 14.7 Å². The molecular weight excluding hydrogens is 244 g/mol. The summed E-state index contributed by atoms with van der Waals surface area (Å²) in [5.74, 6) is -0.694. The maximum Gasteiger partial charge on any atom is 0.326 e. The number of carbonyl (C=O) groups is 2. The highest BCUT2D eigenvalue weighted by molar-refractivity contribution is 5.95. The minimum absolute atomic E-state index is 0.116. The van der Waals surface area contributed by atoms with Crippen LogP contribution in [0.4, 0.5) is 0 Å². The lowest BCUT2D eigenvalue weighted by molar-refractivity contribution is -0.142. The monoisotopic (exact) mass is 260 g/mol. The van der Waals surface area contributed by atoms with Crippen LogP contribution in [0.15, 0.2) is 24.4 Å². The van der Waals surface area contributed by atoms with Gasteiger partial charge in [-0.3, -0.25) is 9.78 Å². The Morgan fingerprint density at radius 1 is 1.32 bits per heavy atom. The lowest BCUT2D eigenvalue weighted by atomic mass is 9.94. The molecule has 5 heteroatoms. The Balaban J connectivity index is 1.88. The molecule has 2 fully saturated rings. The fraction of sp³-hybridized carbons (Fsp3) is 0.500. The molecule has 1 aliphatic heterocycles. The molecule has 1 aromatic heterocycles.